The SMILES string of the molecule is [C-]#[N+]c1ccc(-c2ncc(C(F)(F)F)n2Cc2ccccc2C)cc1. The Hall–Kier alpha value is -3.07. The molecule has 0 aliphatic carbocycles. The lowest BCUT2D eigenvalue weighted by atomic mass is 10.1. The molecule has 0 N–H and O–H groups in total. The molecule has 0 saturated carbocycles. The van der Waals surface area contributed by atoms with Gasteiger partial charge in [-0.3, -0.25) is 0 Å². The number of halogens is 3. The number of benzene rings is 2. The smallest absolute Gasteiger partial charge is 0.316 e. The van der Waals surface area contributed by atoms with Crippen LogP contribution in [0.1, 0.15) is 16.8 Å². The Morgan fingerprint density at radius 1 is 1.08 bits per heavy atom. The van der Waals surface area contributed by atoms with Gasteiger partial charge in [0.1, 0.15) is 11.5 Å². The summed E-state index contributed by atoms with van der Waals surface area (Å²) in [4.78, 5) is 7.29. The number of nitrogens with zero attached hydrogens (tertiary/aromatic N) is 3. The van der Waals surface area contributed by atoms with Gasteiger partial charge in [-0.15, -0.1) is 0 Å². The van der Waals surface area contributed by atoms with E-state index in [2.05, 4.69) is 9.83 Å². The van der Waals surface area contributed by atoms with Gasteiger partial charge in [-0.25, -0.2) is 9.83 Å². The molecule has 1 aromatic heterocycles. The molecule has 0 saturated heterocycles. The fourth-order valence-corrected chi connectivity index (χ4v) is 2.64. The monoisotopic (exact) mass is 341 g/mol. The van der Waals surface area contributed by atoms with Crippen LogP contribution in [-0.4, -0.2) is 9.55 Å². The first-order chi connectivity index (χ1) is 11.9. The molecule has 1 heterocycles. The quantitative estimate of drug-likeness (QED) is 0.579. The molecule has 25 heavy (non-hydrogen) atoms. The fourth-order valence-electron chi connectivity index (χ4n) is 2.64. The van der Waals surface area contributed by atoms with Gasteiger partial charge in [0.15, 0.2) is 5.69 Å². The highest BCUT2D eigenvalue weighted by atomic mass is 19.4. The first-order valence-electron chi connectivity index (χ1n) is 7.55. The zero-order valence-corrected chi connectivity index (χ0v) is 13.4. The fraction of sp³-hybridized carbons (Fsp3) is 0.158. The maximum absolute atomic E-state index is 13.4. The van der Waals surface area contributed by atoms with E-state index in [4.69, 9.17) is 6.57 Å². The van der Waals surface area contributed by atoms with E-state index in [-0.39, 0.29) is 12.4 Å². The molecule has 0 atom stereocenters. The molecule has 0 aliphatic rings. The summed E-state index contributed by atoms with van der Waals surface area (Å²) < 4.78 is 41.4. The van der Waals surface area contributed by atoms with E-state index in [9.17, 15) is 13.2 Å². The van der Waals surface area contributed by atoms with Gasteiger partial charge >= 0.3 is 6.18 Å². The van der Waals surface area contributed by atoms with Crippen molar-refractivity contribution >= 4 is 5.69 Å². The van der Waals surface area contributed by atoms with Crippen molar-refractivity contribution in [2.75, 3.05) is 0 Å². The van der Waals surface area contributed by atoms with Gasteiger partial charge in [-0.05, 0) is 18.1 Å². The van der Waals surface area contributed by atoms with Crippen molar-refractivity contribution in [1.29, 1.82) is 0 Å². The van der Waals surface area contributed by atoms with Crippen molar-refractivity contribution in [3.8, 4) is 11.4 Å². The van der Waals surface area contributed by atoms with Crippen LogP contribution >= 0.6 is 0 Å². The summed E-state index contributed by atoms with van der Waals surface area (Å²) in [7, 11) is 0. The third kappa shape index (κ3) is 3.41. The second kappa shape index (κ2) is 6.44. The molecule has 0 aliphatic heterocycles. The van der Waals surface area contributed by atoms with Crippen molar-refractivity contribution in [3.05, 3.63) is 83.0 Å². The highest BCUT2D eigenvalue weighted by Crippen LogP contribution is 2.33. The average molecular weight is 341 g/mol. The number of hydrogen-bond donors (Lipinski definition) is 0. The average Bonchev–Trinajstić information content (AvgIpc) is 3.01. The van der Waals surface area contributed by atoms with Gasteiger partial charge in [0.25, 0.3) is 0 Å². The van der Waals surface area contributed by atoms with Crippen LogP contribution < -0.4 is 0 Å². The van der Waals surface area contributed by atoms with E-state index in [1.165, 1.54) is 4.57 Å². The Morgan fingerprint density at radius 3 is 2.36 bits per heavy atom. The summed E-state index contributed by atoms with van der Waals surface area (Å²) in [5, 5.41) is 0. The highest BCUT2D eigenvalue weighted by molar-refractivity contribution is 5.61. The number of alkyl halides is 3. The Bertz CT molecular complexity index is 932. The van der Waals surface area contributed by atoms with Crippen LogP contribution in [0.15, 0.2) is 54.7 Å². The lowest BCUT2D eigenvalue weighted by Gasteiger charge is -2.15. The first-order valence-corrected chi connectivity index (χ1v) is 7.55. The van der Waals surface area contributed by atoms with E-state index >= 15 is 0 Å². The lowest BCUT2D eigenvalue weighted by molar-refractivity contribution is -0.143. The summed E-state index contributed by atoms with van der Waals surface area (Å²) in [6, 6.07) is 13.7. The molecule has 3 aromatic rings. The molecule has 3 rings (SSSR count). The molecule has 2 aromatic carbocycles. The summed E-state index contributed by atoms with van der Waals surface area (Å²) in [6.07, 6.45) is -3.64. The normalized spacial score (nSPS) is 11.3. The van der Waals surface area contributed by atoms with Crippen molar-refractivity contribution < 1.29 is 13.2 Å². The highest BCUT2D eigenvalue weighted by Gasteiger charge is 2.36. The number of aryl methyl sites for hydroxylation is 1. The van der Waals surface area contributed by atoms with Crippen molar-refractivity contribution in [2.24, 2.45) is 0 Å². The van der Waals surface area contributed by atoms with Gasteiger partial charge in [0, 0.05) is 12.1 Å². The van der Waals surface area contributed by atoms with Crippen LogP contribution in [0.25, 0.3) is 16.2 Å². The molecule has 0 unspecified atom stereocenters. The predicted molar refractivity (Wildman–Crippen MR) is 89.2 cm³/mol. The molecular formula is C19H14F3N3. The van der Waals surface area contributed by atoms with Gasteiger partial charge in [0.2, 0.25) is 0 Å². The molecule has 0 fully saturated rings. The second-order valence-corrected chi connectivity index (χ2v) is 5.64. The van der Waals surface area contributed by atoms with Crippen LogP contribution in [0.5, 0.6) is 0 Å². The molecule has 0 radical (unpaired) electrons. The maximum atomic E-state index is 13.4. The Labute approximate surface area is 143 Å². The summed E-state index contributed by atoms with van der Waals surface area (Å²) >= 11 is 0. The van der Waals surface area contributed by atoms with Crippen LogP contribution in [-0.2, 0) is 12.7 Å². The Balaban J connectivity index is 2.11. The molecule has 0 bridgehead atoms. The molecular weight excluding hydrogens is 327 g/mol. The zero-order chi connectivity index (χ0) is 18.0. The van der Waals surface area contributed by atoms with E-state index in [0.29, 0.717) is 11.3 Å². The van der Waals surface area contributed by atoms with E-state index < -0.39 is 11.9 Å². The third-order valence-electron chi connectivity index (χ3n) is 3.99. The molecule has 0 amide bonds. The minimum atomic E-state index is -4.50. The van der Waals surface area contributed by atoms with E-state index in [0.717, 1.165) is 17.3 Å². The molecule has 126 valence electrons. The standard InChI is InChI=1S/C19H14F3N3/c1-13-5-3-4-6-15(13)12-25-17(19(20,21)22)11-24-18(25)14-7-9-16(23-2)10-8-14/h3-11H,12H2,1H3. The summed E-state index contributed by atoms with van der Waals surface area (Å²) in [5.41, 5.74) is 1.89. The molecule has 3 nitrogen and oxygen atoms in total. The Morgan fingerprint density at radius 2 is 1.76 bits per heavy atom. The lowest BCUT2D eigenvalue weighted by Crippen LogP contribution is -2.15. The van der Waals surface area contributed by atoms with E-state index in [1.54, 1.807) is 36.4 Å². The van der Waals surface area contributed by atoms with E-state index in [1.807, 2.05) is 19.1 Å². The third-order valence-corrected chi connectivity index (χ3v) is 3.99. The van der Waals surface area contributed by atoms with Crippen molar-refractivity contribution in [2.45, 2.75) is 19.6 Å². The maximum Gasteiger partial charge on any atom is 0.433 e. The van der Waals surface area contributed by atoms with Gasteiger partial charge in [-0.1, -0.05) is 48.5 Å². The second-order valence-electron chi connectivity index (χ2n) is 5.64. The minimum Gasteiger partial charge on any atom is -0.316 e. The molecule has 6 heteroatoms. The summed E-state index contributed by atoms with van der Waals surface area (Å²) in [5.74, 6) is 0.229. The number of hydrogen-bond acceptors (Lipinski definition) is 1. The van der Waals surface area contributed by atoms with Gasteiger partial charge in [-0.2, -0.15) is 13.2 Å². The Kier molecular flexibility index (Phi) is 4.32. The summed E-state index contributed by atoms with van der Waals surface area (Å²) in [6.45, 7) is 8.91. The minimum absolute atomic E-state index is 0.0709. The van der Waals surface area contributed by atoms with Crippen molar-refractivity contribution in [3.63, 3.8) is 0 Å². The number of imidazole rings is 1. The largest absolute Gasteiger partial charge is 0.433 e. The first kappa shape index (κ1) is 16.8. The van der Waals surface area contributed by atoms with Gasteiger partial charge < -0.3 is 4.57 Å². The van der Waals surface area contributed by atoms with Crippen LogP contribution in [0.4, 0.5) is 18.9 Å². The zero-order valence-electron chi connectivity index (χ0n) is 13.4. The van der Waals surface area contributed by atoms with Crippen LogP contribution in [0.2, 0.25) is 0 Å². The van der Waals surface area contributed by atoms with Gasteiger partial charge in [0.05, 0.1) is 12.8 Å². The van der Waals surface area contributed by atoms with Crippen LogP contribution in [0.3, 0.4) is 0 Å². The topological polar surface area (TPSA) is 22.2 Å². The van der Waals surface area contributed by atoms with Crippen molar-refractivity contribution in [1.82, 2.24) is 9.55 Å². The molecule has 0 spiro atoms. The predicted octanol–water partition coefficient (Wildman–Crippen LogP) is 5.48. The van der Waals surface area contributed by atoms with Crippen LogP contribution in [0, 0.1) is 13.5 Å². The number of aromatic nitrogens is 2. The number of rotatable bonds is 3.